The number of nitrogens with zero attached hydrogens (tertiary/aromatic N) is 2. The molecule has 0 radical (unpaired) electrons. The van der Waals surface area contributed by atoms with E-state index in [0.717, 1.165) is 22.4 Å². The van der Waals surface area contributed by atoms with Gasteiger partial charge in [-0.05, 0) is 109 Å². The van der Waals surface area contributed by atoms with Crippen molar-refractivity contribution in [3.63, 3.8) is 0 Å². The third-order valence-corrected chi connectivity index (χ3v) is 8.44. The molecule has 8 rings (SSSR count). The standard InChI is InChI=1S/C41H28N2/c1-27-13-14-30-24-34(16-15-29(30)23-27)41-37-11-4-2-9-35(37)40(36-10-3-5-12-38(36)41)33-8-6-7-32(25-33)39-26-31(19-22-43-39)28-17-20-42-21-18-28/h2-26H,1H3. The lowest BCUT2D eigenvalue weighted by molar-refractivity contribution is 1.31. The Kier molecular flexibility index (Phi) is 6.05. The number of fused-ring (bicyclic) bond motifs is 3. The highest BCUT2D eigenvalue weighted by molar-refractivity contribution is 6.21. The van der Waals surface area contributed by atoms with Gasteiger partial charge in [-0.25, -0.2) is 0 Å². The number of aromatic nitrogens is 2. The molecule has 0 aliphatic carbocycles. The Labute approximate surface area is 251 Å². The van der Waals surface area contributed by atoms with Crippen LogP contribution in [0, 0.1) is 6.92 Å². The van der Waals surface area contributed by atoms with Crippen molar-refractivity contribution in [2.75, 3.05) is 0 Å². The highest BCUT2D eigenvalue weighted by atomic mass is 14.7. The SMILES string of the molecule is Cc1ccc2cc(-c3c4ccccc4c(-c4cccc(-c5cc(-c6ccncc6)ccn5)c4)c4ccccc34)ccc2c1. The van der Waals surface area contributed by atoms with Crippen LogP contribution in [0.1, 0.15) is 5.56 Å². The molecule has 2 aromatic heterocycles. The molecule has 0 aliphatic heterocycles. The second-order valence-corrected chi connectivity index (χ2v) is 11.2. The molecule has 0 saturated carbocycles. The van der Waals surface area contributed by atoms with E-state index in [1.165, 1.54) is 60.1 Å². The monoisotopic (exact) mass is 548 g/mol. The van der Waals surface area contributed by atoms with Crippen LogP contribution in [0.2, 0.25) is 0 Å². The van der Waals surface area contributed by atoms with Gasteiger partial charge in [0.25, 0.3) is 0 Å². The summed E-state index contributed by atoms with van der Waals surface area (Å²) < 4.78 is 0. The zero-order chi connectivity index (χ0) is 28.8. The van der Waals surface area contributed by atoms with Crippen LogP contribution in [0.25, 0.3) is 77.0 Å². The molecule has 0 fully saturated rings. The van der Waals surface area contributed by atoms with Gasteiger partial charge in [0, 0.05) is 24.2 Å². The number of hydrogen-bond acceptors (Lipinski definition) is 2. The fourth-order valence-corrected chi connectivity index (χ4v) is 6.42. The number of benzene rings is 6. The fourth-order valence-electron chi connectivity index (χ4n) is 6.42. The van der Waals surface area contributed by atoms with Gasteiger partial charge < -0.3 is 0 Å². The van der Waals surface area contributed by atoms with E-state index >= 15 is 0 Å². The van der Waals surface area contributed by atoms with Crippen molar-refractivity contribution in [1.29, 1.82) is 0 Å². The van der Waals surface area contributed by atoms with Gasteiger partial charge >= 0.3 is 0 Å². The molecule has 2 heteroatoms. The van der Waals surface area contributed by atoms with Gasteiger partial charge in [0.15, 0.2) is 0 Å². The molecule has 0 N–H and O–H groups in total. The van der Waals surface area contributed by atoms with Crippen LogP contribution in [-0.4, -0.2) is 9.97 Å². The summed E-state index contributed by atoms with van der Waals surface area (Å²) in [4.78, 5) is 8.94. The lowest BCUT2D eigenvalue weighted by Gasteiger charge is -2.18. The molecule has 0 saturated heterocycles. The second kappa shape index (κ2) is 10.3. The molecule has 0 aliphatic rings. The first-order valence-electron chi connectivity index (χ1n) is 14.6. The largest absolute Gasteiger partial charge is 0.265 e. The van der Waals surface area contributed by atoms with E-state index in [1.807, 2.05) is 30.7 Å². The minimum Gasteiger partial charge on any atom is -0.265 e. The third kappa shape index (κ3) is 4.45. The smallest absolute Gasteiger partial charge is 0.0708 e. The molecule has 0 bridgehead atoms. The first-order chi connectivity index (χ1) is 21.2. The average molecular weight is 549 g/mol. The van der Waals surface area contributed by atoms with Crippen LogP contribution in [0.5, 0.6) is 0 Å². The van der Waals surface area contributed by atoms with Gasteiger partial charge in [-0.1, -0.05) is 103 Å². The zero-order valence-corrected chi connectivity index (χ0v) is 23.8. The van der Waals surface area contributed by atoms with E-state index in [0.29, 0.717) is 0 Å². The fraction of sp³-hybridized carbons (Fsp3) is 0.0244. The summed E-state index contributed by atoms with van der Waals surface area (Å²) in [6, 6.07) is 48.3. The molecule has 8 aromatic rings. The van der Waals surface area contributed by atoms with Gasteiger partial charge in [0.05, 0.1) is 5.69 Å². The summed E-state index contributed by atoms with van der Waals surface area (Å²) in [7, 11) is 0. The molecule has 2 nitrogen and oxygen atoms in total. The van der Waals surface area contributed by atoms with Crippen molar-refractivity contribution < 1.29 is 0 Å². The van der Waals surface area contributed by atoms with Gasteiger partial charge in [-0.15, -0.1) is 0 Å². The number of rotatable bonds is 4. The quantitative estimate of drug-likeness (QED) is 0.204. The highest BCUT2D eigenvalue weighted by Crippen LogP contribution is 2.44. The normalized spacial score (nSPS) is 11.4. The van der Waals surface area contributed by atoms with E-state index in [2.05, 4.69) is 133 Å². The summed E-state index contributed by atoms with van der Waals surface area (Å²) in [5, 5.41) is 7.53. The molecule has 0 atom stereocenters. The molecule has 0 unspecified atom stereocenters. The number of hydrogen-bond donors (Lipinski definition) is 0. The molecule has 0 amide bonds. The minimum atomic E-state index is 0.952. The van der Waals surface area contributed by atoms with Crippen molar-refractivity contribution in [1.82, 2.24) is 9.97 Å². The molecular formula is C41H28N2. The molecule has 202 valence electrons. The number of aryl methyl sites for hydroxylation is 1. The van der Waals surface area contributed by atoms with Crippen molar-refractivity contribution in [3.8, 4) is 44.6 Å². The van der Waals surface area contributed by atoms with Gasteiger partial charge in [0.1, 0.15) is 0 Å². The Morgan fingerprint density at radius 1 is 0.395 bits per heavy atom. The molecule has 0 spiro atoms. The maximum absolute atomic E-state index is 4.76. The van der Waals surface area contributed by atoms with E-state index in [4.69, 9.17) is 4.98 Å². The van der Waals surface area contributed by atoms with Crippen molar-refractivity contribution in [2.24, 2.45) is 0 Å². The van der Waals surface area contributed by atoms with Crippen molar-refractivity contribution in [3.05, 3.63) is 158 Å². The lowest BCUT2D eigenvalue weighted by atomic mass is 9.85. The summed E-state index contributed by atoms with van der Waals surface area (Å²) in [6.45, 7) is 2.15. The van der Waals surface area contributed by atoms with E-state index in [1.54, 1.807) is 0 Å². The molecular weight excluding hydrogens is 520 g/mol. The summed E-state index contributed by atoms with van der Waals surface area (Å²) in [5.41, 5.74) is 10.5. The maximum Gasteiger partial charge on any atom is 0.0708 e. The average Bonchev–Trinajstić information content (AvgIpc) is 3.07. The molecule has 6 aromatic carbocycles. The Morgan fingerprint density at radius 2 is 0.977 bits per heavy atom. The van der Waals surface area contributed by atoms with Crippen LogP contribution < -0.4 is 0 Å². The Balaban J connectivity index is 1.34. The zero-order valence-electron chi connectivity index (χ0n) is 23.8. The minimum absolute atomic E-state index is 0.952. The third-order valence-electron chi connectivity index (χ3n) is 8.44. The first-order valence-corrected chi connectivity index (χ1v) is 14.6. The predicted molar refractivity (Wildman–Crippen MR) is 181 cm³/mol. The Bertz CT molecular complexity index is 2240. The van der Waals surface area contributed by atoms with Crippen LogP contribution in [0.3, 0.4) is 0 Å². The van der Waals surface area contributed by atoms with Crippen LogP contribution in [0.4, 0.5) is 0 Å². The van der Waals surface area contributed by atoms with Crippen molar-refractivity contribution in [2.45, 2.75) is 6.92 Å². The number of pyridine rings is 2. The van der Waals surface area contributed by atoms with Crippen molar-refractivity contribution >= 4 is 32.3 Å². The van der Waals surface area contributed by atoms with Crippen LogP contribution in [-0.2, 0) is 0 Å². The lowest BCUT2D eigenvalue weighted by Crippen LogP contribution is -1.92. The topological polar surface area (TPSA) is 25.8 Å². The highest BCUT2D eigenvalue weighted by Gasteiger charge is 2.17. The van der Waals surface area contributed by atoms with Crippen LogP contribution >= 0.6 is 0 Å². The maximum atomic E-state index is 4.76. The van der Waals surface area contributed by atoms with E-state index < -0.39 is 0 Å². The van der Waals surface area contributed by atoms with E-state index in [-0.39, 0.29) is 0 Å². The van der Waals surface area contributed by atoms with E-state index in [9.17, 15) is 0 Å². The summed E-state index contributed by atoms with van der Waals surface area (Å²) in [5.74, 6) is 0. The molecule has 43 heavy (non-hydrogen) atoms. The first kappa shape index (κ1) is 25.1. The summed E-state index contributed by atoms with van der Waals surface area (Å²) in [6.07, 6.45) is 5.55. The molecule has 2 heterocycles. The van der Waals surface area contributed by atoms with Crippen LogP contribution in [0.15, 0.2) is 152 Å². The predicted octanol–water partition coefficient (Wildman–Crippen LogP) is 10.9. The second-order valence-electron chi connectivity index (χ2n) is 11.2. The van der Waals surface area contributed by atoms with Gasteiger partial charge in [-0.3, -0.25) is 9.97 Å². The summed E-state index contributed by atoms with van der Waals surface area (Å²) >= 11 is 0. The van der Waals surface area contributed by atoms with Gasteiger partial charge in [0.2, 0.25) is 0 Å². The Morgan fingerprint density at radius 3 is 1.67 bits per heavy atom. The van der Waals surface area contributed by atoms with Gasteiger partial charge in [-0.2, -0.15) is 0 Å². The Hall–Kier alpha value is -5.60.